The first-order valence-electron chi connectivity index (χ1n) is 9.50. The quantitative estimate of drug-likeness (QED) is 0.808. The minimum absolute atomic E-state index is 0.0537. The number of amides is 1. The zero-order chi connectivity index (χ0) is 19.6. The second-order valence-electron chi connectivity index (χ2n) is 7.86. The molecule has 1 saturated carbocycles. The van der Waals surface area contributed by atoms with Crippen LogP contribution in [0.4, 0.5) is 0 Å². The van der Waals surface area contributed by atoms with Gasteiger partial charge in [0.25, 0.3) is 0 Å². The van der Waals surface area contributed by atoms with E-state index in [4.69, 9.17) is 4.74 Å². The summed E-state index contributed by atoms with van der Waals surface area (Å²) in [4.78, 5) is 14.5. The van der Waals surface area contributed by atoms with Crippen LogP contribution in [0, 0.1) is 19.8 Å². The lowest BCUT2D eigenvalue weighted by atomic mass is 9.75. The van der Waals surface area contributed by atoms with Crippen LogP contribution in [0.2, 0.25) is 0 Å². The summed E-state index contributed by atoms with van der Waals surface area (Å²) in [5.74, 6) is 1.31. The number of nitrogens with zero attached hydrogens (tertiary/aromatic N) is 5. The van der Waals surface area contributed by atoms with Crippen molar-refractivity contribution in [2.75, 3.05) is 20.8 Å². The zero-order valence-corrected chi connectivity index (χ0v) is 16.9. The van der Waals surface area contributed by atoms with Crippen LogP contribution in [0.15, 0.2) is 18.2 Å². The molecule has 0 spiro atoms. The summed E-state index contributed by atoms with van der Waals surface area (Å²) in [6, 6.07) is 6.27. The standard InChI is InChI=1S/C20H29N5O2/c1-14-6-8-20(9-7-14,24(4)18(26)13-27-5)19-21-22-23-25(19)17-11-15(2)10-16(3)12-17/h10-12,14H,6-9,13H2,1-5H3. The molecule has 0 aliphatic heterocycles. The average Bonchev–Trinajstić information content (AvgIpc) is 3.12. The number of rotatable bonds is 5. The van der Waals surface area contributed by atoms with Gasteiger partial charge in [-0.1, -0.05) is 13.0 Å². The van der Waals surface area contributed by atoms with Crippen LogP contribution < -0.4 is 0 Å². The Morgan fingerprint density at radius 3 is 2.48 bits per heavy atom. The van der Waals surface area contributed by atoms with Gasteiger partial charge in [0.05, 0.1) is 5.69 Å². The largest absolute Gasteiger partial charge is 0.375 e. The SMILES string of the molecule is COCC(=O)N(C)C1(c2nnnn2-c2cc(C)cc(C)c2)CCC(C)CC1. The summed E-state index contributed by atoms with van der Waals surface area (Å²) >= 11 is 0. The van der Waals surface area contributed by atoms with Crippen molar-refractivity contribution in [3.63, 3.8) is 0 Å². The molecule has 2 aromatic rings. The van der Waals surface area contributed by atoms with Crippen molar-refractivity contribution < 1.29 is 9.53 Å². The highest BCUT2D eigenvalue weighted by molar-refractivity contribution is 5.78. The van der Waals surface area contributed by atoms with Gasteiger partial charge in [0.15, 0.2) is 5.82 Å². The third-order valence-electron chi connectivity index (χ3n) is 5.72. The highest BCUT2D eigenvalue weighted by Gasteiger charge is 2.45. The average molecular weight is 371 g/mol. The van der Waals surface area contributed by atoms with Crippen molar-refractivity contribution >= 4 is 5.91 Å². The molecule has 27 heavy (non-hydrogen) atoms. The molecule has 1 aliphatic rings. The van der Waals surface area contributed by atoms with E-state index in [0.29, 0.717) is 5.92 Å². The second kappa shape index (κ2) is 7.76. The first-order valence-corrected chi connectivity index (χ1v) is 9.50. The van der Waals surface area contributed by atoms with Crippen molar-refractivity contribution in [1.29, 1.82) is 0 Å². The molecule has 7 nitrogen and oxygen atoms in total. The van der Waals surface area contributed by atoms with E-state index in [1.165, 1.54) is 0 Å². The molecule has 1 aliphatic carbocycles. The van der Waals surface area contributed by atoms with Crippen molar-refractivity contribution in [3.8, 4) is 5.69 Å². The molecule has 1 aromatic heterocycles. The van der Waals surface area contributed by atoms with Crippen LogP contribution in [0.5, 0.6) is 0 Å². The summed E-state index contributed by atoms with van der Waals surface area (Å²) in [5, 5.41) is 12.7. The highest BCUT2D eigenvalue weighted by Crippen LogP contribution is 2.43. The van der Waals surface area contributed by atoms with Crippen LogP contribution in [-0.4, -0.2) is 51.8 Å². The van der Waals surface area contributed by atoms with Crippen LogP contribution >= 0.6 is 0 Å². The molecule has 1 heterocycles. The molecule has 0 unspecified atom stereocenters. The van der Waals surface area contributed by atoms with Gasteiger partial charge in [0, 0.05) is 14.2 Å². The van der Waals surface area contributed by atoms with E-state index in [1.807, 2.05) is 7.05 Å². The third kappa shape index (κ3) is 3.74. The predicted molar refractivity (Wildman–Crippen MR) is 103 cm³/mol. The van der Waals surface area contributed by atoms with E-state index in [1.54, 1.807) is 16.7 Å². The van der Waals surface area contributed by atoms with E-state index >= 15 is 0 Å². The van der Waals surface area contributed by atoms with Gasteiger partial charge < -0.3 is 9.64 Å². The van der Waals surface area contributed by atoms with Crippen LogP contribution in [0.3, 0.4) is 0 Å². The zero-order valence-electron chi connectivity index (χ0n) is 16.9. The number of tetrazole rings is 1. The number of aromatic nitrogens is 4. The number of hydrogen-bond acceptors (Lipinski definition) is 5. The summed E-state index contributed by atoms with van der Waals surface area (Å²) in [7, 11) is 3.39. The van der Waals surface area contributed by atoms with Gasteiger partial charge >= 0.3 is 0 Å². The van der Waals surface area contributed by atoms with Crippen molar-refractivity contribution in [3.05, 3.63) is 35.2 Å². The number of likely N-dealkylation sites (N-methyl/N-ethyl adjacent to an activating group) is 1. The van der Waals surface area contributed by atoms with Crippen molar-refractivity contribution in [2.24, 2.45) is 5.92 Å². The lowest BCUT2D eigenvalue weighted by Gasteiger charge is -2.44. The van der Waals surface area contributed by atoms with Gasteiger partial charge in [-0.2, -0.15) is 4.68 Å². The lowest BCUT2D eigenvalue weighted by molar-refractivity contribution is -0.142. The van der Waals surface area contributed by atoms with Crippen LogP contribution in [0.1, 0.15) is 49.6 Å². The number of carbonyl (C=O) groups excluding carboxylic acids is 1. The molecular formula is C20H29N5O2. The Labute approximate surface area is 160 Å². The van der Waals surface area contributed by atoms with Gasteiger partial charge in [-0.25, -0.2) is 0 Å². The van der Waals surface area contributed by atoms with Gasteiger partial charge in [0.1, 0.15) is 12.1 Å². The van der Waals surface area contributed by atoms with Crippen LogP contribution in [-0.2, 0) is 15.1 Å². The Morgan fingerprint density at radius 1 is 1.26 bits per heavy atom. The third-order valence-corrected chi connectivity index (χ3v) is 5.72. The topological polar surface area (TPSA) is 73.1 Å². The number of hydrogen-bond donors (Lipinski definition) is 0. The number of carbonyl (C=O) groups is 1. The first-order chi connectivity index (χ1) is 12.9. The molecule has 3 rings (SSSR count). The maximum absolute atomic E-state index is 12.7. The predicted octanol–water partition coefficient (Wildman–Crippen LogP) is 2.79. The summed E-state index contributed by atoms with van der Waals surface area (Å²) < 4.78 is 6.89. The molecule has 7 heteroatoms. The number of methoxy groups -OCH3 is 1. The minimum atomic E-state index is -0.525. The molecule has 1 amide bonds. The number of aryl methyl sites for hydroxylation is 2. The molecular weight excluding hydrogens is 342 g/mol. The fourth-order valence-electron chi connectivity index (χ4n) is 4.13. The molecule has 0 bridgehead atoms. The highest BCUT2D eigenvalue weighted by atomic mass is 16.5. The van der Waals surface area contributed by atoms with E-state index in [2.05, 4.69) is 54.5 Å². The van der Waals surface area contributed by atoms with Crippen LogP contribution in [0.25, 0.3) is 5.69 Å². The van der Waals surface area contributed by atoms with Gasteiger partial charge in [0.2, 0.25) is 5.91 Å². The lowest BCUT2D eigenvalue weighted by Crippen LogP contribution is -2.51. The van der Waals surface area contributed by atoms with E-state index in [0.717, 1.165) is 48.3 Å². The molecule has 0 N–H and O–H groups in total. The van der Waals surface area contributed by atoms with Gasteiger partial charge in [-0.15, -0.1) is 5.10 Å². The Bertz CT molecular complexity index is 788. The fraction of sp³-hybridized carbons (Fsp3) is 0.600. The number of ether oxygens (including phenoxy) is 1. The Hall–Kier alpha value is -2.28. The van der Waals surface area contributed by atoms with Gasteiger partial charge in [-0.3, -0.25) is 4.79 Å². The fourth-order valence-corrected chi connectivity index (χ4v) is 4.13. The molecule has 1 aromatic carbocycles. The monoisotopic (exact) mass is 371 g/mol. The Kier molecular flexibility index (Phi) is 5.60. The maximum Gasteiger partial charge on any atom is 0.249 e. The minimum Gasteiger partial charge on any atom is -0.375 e. The molecule has 1 fully saturated rings. The molecule has 0 saturated heterocycles. The second-order valence-corrected chi connectivity index (χ2v) is 7.86. The number of benzene rings is 1. The smallest absolute Gasteiger partial charge is 0.249 e. The van der Waals surface area contributed by atoms with Gasteiger partial charge in [-0.05, 0) is 79.1 Å². The van der Waals surface area contributed by atoms with E-state index in [-0.39, 0.29) is 12.5 Å². The normalized spacial score (nSPS) is 22.6. The van der Waals surface area contributed by atoms with E-state index < -0.39 is 5.54 Å². The Balaban J connectivity index is 2.09. The Morgan fingerprint density at radius 2 is 1.89 bits per heavy atom. The summed E-state index contributed by atoms with van der Waals surface area (Å²) in [6.07, 6.45) is 3.74. The molecule has 0 atom stereocenters. The molecule has 0 radical (unpaired) electrons. The summed E-state index contributed by atoms with van der Waals surface area (Å²) in [6.45, 7) is 6.44. The van der Waals surface area contributed by atoms with Crippen molar-refractivity contribution in [1.82, 2.24) is 25.1 Å². The van der Waals surface area contributed by atoms with Crippen molar-refractivity contribution in [2.45, 2.75) is 52.0 Å². The maximum atomic E-state index is 12.7. The van der Waals surface area contributed by atoms with E-state index in [9.17, 15) is 4.79 Å². The molecule has 146 valence electrons. The first kappa shape index (κ1) is 19.5. The summed E-state index contributed by atoms with van der Waals surface area (Å²) in [5.41, 5.74) is 2.71.